The SMILES string of the molecule is CSc1nccc(N2CCN(C)CC2)n1.c1cnc2c(c1)CCC[C@H]2N1CCCC1. The number of likely N-dealkylation sites (N-methyl/N-ethyl adjacent to an activating group) is 1. The Labute approximate surface area is 185 Å². The molecule has 7 heteroatoms. The van der Waals surface area contributed by atoms with E-state index in [1.165, 1.54) is 56.5 Å². The minimum absolute atomic E-state index is 0.623. The summed E-state index contributed by atoms with van der Waals surface area (Å²) in [7, 11) is 2.16. The molecule has 30 heavy (non-hydrogen) atoms. The molecule has 2 aliphatic heterocycles. The van der Waals surface area contributed by atoms with Crippen LogP contribution < -0.4 is 4.90 Å². The van der Waals surface area contributed by atoms with Crippen molar-refractivity contribution in [1.82, 2.24) is 24.8 Å². The molecule has 0 aromatic carbocycles. The molecule has 2 saturated heterocycles. The van der Waals surface area contributed by atoms with Gasteiger partial charge in [0.25, 0.3) is 0 Å². The van der Waals surface area contributed by atoms with Gasteiger partial charge in [-0.25, -0.2) is 9.97 Å². The van der Waals surface area contributed by atoms with Crippen molar-refractivity contribution in [3.63, 3.8) is 0 Å². The number of hydrogen-bond donors (Lipinski definition) is 0. The van der Waals surface area contributed by atoms with Gasteiger partial charge in [-0.3, -0.25) is 9.88 Å². The second kappa shape index (κ2) is 10.6. The lowest BCUT2D eigenvalue weighted by Crippen LogP contribution is -2.44. The first kappa shape index (κ1) is 21.5. The predicted octanol–water partition coefficient (Wildman–Crippen LogP) is 3.51. The van der Waals surface area contributed by atoms with Crippen molar-refractivity contribution in [2.75, 3.05) is 57.5 Å². The maximum Gasteiger partial charge on any atom is 0.189 e. The molecule has 162 valence electrons. The molecule has 2 fully saturated rings. The number of hydrogen-bond acceptors (Lipinski definition) is 7. The smallest absolute Gasteiger partial charge is 0.189 e. The highest BCUT2D eigenvalue weighted by atomic mass is 32.2. The zero-order valence-corrected chi connectivity index (χ0v) is 19.2. The van der Waals surface area contributed by atoms with Gasteiger partial charge in [-0.05, 0) is 76.2 Å². The number of rotatable bonds is 3. The molecule has 0 unspecified atom stereocenters. The summed E-state index contributed by atoms with van der Waals surface area (Å²) in [4.78, 5) is 20.6. The van der Waals surface area contributed by atoms with Gasteiger partial charge < -0.3 is 9.80 Å². The Morgan fingerprint density at radius 2 is 1.73 bits per heavy atom. The molecule has 1 aliphatic carbocycles. The van der Waals surface area contributed by atoms with E-state index in [4.69, 9.17) is 0 Å². The maximum absolute atomic E-state index is 4.60. The molecule has 2 aromatic rings. The van der Waals surface area contributed by atoms with Crippen LogP contribution in [0.15, 0.2) is 35.7 Å². The molecule has 6 nitrogen and oxygen atoms in total. The standard InChI is InChI=1S/C13H18N2.C10H16N4S/c1-2-10-15(9-1)12-7-3-5-11-6-4-8-14-13(11)12;1-13-5-7-14(8-6-13)9-3-4-11-10(12-9)15-2/h4,6,8,12H,1-3,5,7,9-10H2;3-4H,5-8H2,1-2H3/t12-;/m1./s1. The summed E-state index contributed by atoms with van der Waals surface area (Å²) in [6, 6.07) is 6.94. The van der Waals surface area contributed by atoms with Crippen LogP contribution in [-0.2, 0) is 6.42 Å². The molecule has 0 saturated carbocycles. The number of pyridine rings is 1. The van der Waals surface area contributed by atoms with Crippen LogP contribution in [-0.4, -0.2) is 77.3 Å². The highest BCUT2D eigenvalue weighted by Gasteiger charge is 2.28. The van der Waals surface area contributed by atoms with Crippen LogP contribution in [0.25, 0.3) is 0 Å². The molecular weight excluding hydrogens is 392 g/mol. The first-order chi connectivity index (χ1) is 14.7. The zero-order chi connectivity index (χ0) is 20.8. The molecule has 0 N–H and O–H groups in total. The lowest BCUT2D eigenvalue weighted by atomic mass is 9.91. The largest absolute Gasteiger partial charge is 0.354 e. The van der Waals surface area contributed by atoms with Crippen molar-refractivity contribution >= 4 is 17.6 Å². The highest BCUT2D eigenvalue weighted by molar-refractivity contribution is 7.98. The number of likely N-dealkylation sites (tertiary alicyclic amines) is 1. The number of fused-ring (bicyclic) bond motifs is 1. The van der Waals surface area contributed by atoms with Crippen molar-refractivity contribution < 1.29 is 0 Å². The number of nitrogens with zero attached hydrogens (tertiary/aromatic N) is 6. The summed E-state index contributed by atoms with van der Waals surface area (Å²) in [5, 5.41) is 0.853. The van der Waals surface area contributed by atoms with Crippen molar-refractivity contribution in [2.24, 2.45) is 0 Å². The summed E-state index contributed by atoms with van der Waals surface area (Å²) in [6.07, 6.45) is 12.4. The lowest BCUT2D eigenvalue weighted by molar-refractivity contribution is 0.216. The van der Waals surface area contributed by atoms with E-state index in [9.17, 15) is 0 Å². The Morgan fingerprint density at radius 3 is 2.50 bits per heavy atom. The lowest BCUT2D eigenvalue weighted by Gasteiger charge is -2.33. The van der Waals surface area contributed by atoms with Gasteiger partial charge in [-0.1, -0.05) is 17.8 Å². The number of aryl methyl sites for hydroxylation is 1. The average Bonchev–Trinajstić information content (AvgIpc) is 3.34. The van der Waals surface area contributed by atoms with E-state index in [2.05, 4.69) is 48.8 Å². The van der Waals surface area contributed by atoms with Crippen LogP contribution >= 0.6 is 11.8 Å². The minimum Gasteiger partial charge on any atom is -0.354 e. The van der Waals surface area contributed by atoms with Gasteiger partial charge in [0.1, 0.15) is 5.82 Å². The van der Waals surface area contributed by atoms with Crippen LogP contribution in [0.4, 0.5) is 5.82 Å². The number of anilines is 1. The third-order valence-corrected chi connectivity index (χ3v) is 6.94. The van der Waals surface area contributed by atoms with Gasteiger partial charge in [0, 0.05) is 38.6 Å². The van der Waals surface area contributed by atoms with E-state index in [-0.39, 0.29) is 0 Å². The molecule has 0 amide bonds. The topological polar surface area (TPSA) is 48.4 Å². The van der Waals surface area contributed by atoms with Crippen molar-refractivity contribution in [3.05, 3.63) is 41.9 Å². The molecule has 1 atom stereocenters. The van der Waals surface area contributed by atoms with Gasteiger partial charge in [0.15, 0.2) is 5.16 Å². The fourth-order valence-electron chi connectivity index (χ4n) is 4.64. The third kappa shape index (κ3) is 5.31. The second-order valence-electron chi connectivity index (χ2n) is 8.39. The number of thioether (sulfide) groups is 1. The molecule has 2 aromatic heterocycles. The monoisotopic (exact) mass is 426 g/mol. The highest BCUT2D eigenvalue weighted by Crippen LogP contribution is 2.34. The van der Waals surface area contributed by atoms with Crippen LogP contribution in [0.2, 0.25) is 0 Å². The quantitative estimate of drug-likeness (QED) is 0.550. The number of piperazine rings is 1. The van der Waals surface area contributed by atoms with Gasteiger partial charge in [-0.15, -0.1) is 0 Å². The fourth-order valence-corrected chi connectivity index (χ4v) is 4.99. The van der Waals surface area contributed by atoms with Crippen LogP contribution in [0, 0.1) is 0 Å². The summed E-state index contributed by atoms with van der Waals surface area (Å²) in [5.74, 6) is 1.06. The Morgan fingerprint density at radius 1 is 0.933 bits per heavy atom. The maximum atomic E-state index is 4.60. The van der Waals surface area contributed by atoms with E-state index in [1.54, 1.807) is 11.8 Å². The minimum atomic E-state index is 0.623. The zero-order valence-electron chi connectivity index (χ0n) is 18.3. The Hall–Kier alpha value is -1.70. The molecule has 0 spiro atoms. The van der Waals surface area contributed by atoms with Gasteiger partial charge in [0.05, 0.1) is 11.7 Å². The van der Waals surface area contributed by atoms with E-state index >= 15 is 0 Å². The molecular formula is C23H34N6S. The summed E-state index contributed by atoms with van der Waals surface area (Å²) < 4.78 is 0. The van der Waals surface area contributed by atoms with E-state index in [1.807, 2.05) is 24.7 Å². The van der Waals surface area contributed by atoms with Crippen LogP contribution in [0.3, 0.4) is 0 Å². The van der Waals surface area contributed by atoms with Crippen molar-refractivity contribution in [3.8, 4) is 0 Å². The van der Waals surface area contributed by atoms with Crippen LogP contribution in [0.5, 0.6) is 0 Å². The van der Waals surface area contributed by atoms with Gasteiger partial charge in [0.2, 0.25) is 0 Å². The normalized spacial score (nSPS) is 22.3. The van der Waals surface area contributed by atoms with E-state index in [0.717, 1.165) is 37.2 Å². The first-order valence-electron chi connectivity index (χ1n) is 11.2. The Bertz CT molecular complexity index is 802. The molecule has 4 heterocycles. The first-order valence-corrected chi connectivity index (χ1v) is 12.5. The summed E-state index contributed by atoms with van der Waals surface area (Å²) in [5.41, 5.74) is 2.85. The third-order valence-electron chi connectivity index (χ3n) is 6.38. The Kier molecular flexibility index (Phi) is 7.57. The van der Waals surface area contributed by atoms with Crippen molar-refractivity contribution in [2.45, 2.75) is 43.3 Å². The predicted molar refractivity (Wildman–Crippen MR) is 124 cm³/mol. The molecule has 0 radical (unpaired) electrons. The van der Waals surface area contributed by atoms with Gasteiger partial charge >= 0.3 is 0 Å². The summed E-state index contributed by atoms with van der Waals surface area (Å²) >= 11 is 1.59. The average molecular weight is 427 g/mol. The molecule has 5 rings (SSSR count). The molecule has 3 aliphatic rings. The summed E-state index contributed by atoms with van der Waals surface area (Å²) in [6.45, 7) is 6.89. The number of aromatic nitrogens is 3. The van der Waals surface area contributed by atoms with E-state index in [0.29, 0.717) is 6.04 Å². The fraction of sp³-hybridized carbons (Fsp3) is 0.609. The van der Waals surface area contributed by atoms with Gasteiger partial charge in [-0.2, -0.15) is 0 Å². The Balaban J connectivity index is 0.000000145. The van der Waals surface area contributed by atoms with Crippen molar-refractivity contribution in [1.29, 1.82) is 0 Å². The van der Waals surface area contributed by atoms with E-state index < -0.39 is 0 Å². The molecule has 0 bridgehead atoms. The van der Waals surface area contributed by atoms with Crippen LogP contribution in [0.1, 0.15) is 43.0 Å². The second-order valence-corrected chi connectivity index (χ2v) is 9.16.